The van der Waals surface area contributed by atoms with Crippen LogP contribution in [0.15, 0.2) is 24.3 Å². The summed E-state index contributed by atoms with van der Waals surface area (Å²) in [5.41, 5.74) is 3.23. The van der Waals surface area contributed by atoms with Crippen molar-refractivity contribution in [3.63, 3.8) is 0 Å². The molecule has 1 fully saturated rings. The standard InChI is InChI=1S/C11H11Br/c12-11-6-7-5-10(11)9-4-2-1-3-8(7)9/h1-4,7,10-11H,5-6H2/t7-,10+,11+/m1/s1. The van der Waals surface area contributed by atoms with Gasteiger partial charge in [0.25, 0.3) is 0 Å². The maximum atomic E-state index is 3.77. The number of halogens is 1. The Balaban J connectivity index is 2.17. The van der Waals surface area contributed by atoms with Gasteiger partial charge in [-0.2, -0.15) is 0 Å². The van der Waals surface area contributed by atoms with Gasteiger partial charge in [0.2, 0.25) is 0 Å². The lowest BCUT2D eigenvalue weighted by Gasteiger charge is -2.19. The van der Waals surface area contributed by atoms with Gasteiger partial charge in [-0.1, -0.05) is 40.2 Å². The van der Waals surface area contributed by atoms with Crippen LogP contribution >= 0.6 is 15.9 Å². The molecule has 2 bridgehead atoms. The van der Waals surface area contributed by atoms with Crippen molar-refractivity contribution in [2.45, 2.75) is 29.5 Å². The Hall–Kier alpha value is -0.300. The second-order valence-electron chi connectivity index (χ2n) is 3.92. The molecule has 1 saturated carbocycles. The molecule has 3 atom stereocenters. The van der Waals surface area contributed by atoms with Gasteiger partial charge >= 0.3 is 0 Å². The summed E-state index contributed by atoms with van der Waals surface area (Å²) in [6.07, 6.45) is 2.73. The van der Waals surface area contributed by atoms with E-state index in [1.165, 1.54) is 12.8 Å². The Bertz CT molecular complexity index is 319. The van der Waals surface area contributed by atoms with E-state index in [2.05, 4.69) is 40.2 Å². The minimum Gasteiger partial charge on any atom is -0.0884 e. The van der Waals surface area contributed by atoms with Crippen molar-refractivity contribution in [1.82, 2.24) is 0 Å². The van der Waals surface area contributed by atoms with Crippen LogP contribution in [-0.2, 0) is 0 Å². The molecule has 0 radical (unpaired) electrons. The van der Waals surface area contributed by atoms with E-state index >= 15 is 0 Å². The average Bonchev–Trinajstić information content (AvgIpc) is 2.62. The topological polar surface area (TPSA) is 0 Å². The molecule has 0 N–H and O–H groups in total. The molecule has 0 saturated heterocycles. The monoisotopic (exact) mass is 222 g/mol. The molecule has 1 heteroatoms. The third kappa shape index (κ3) is 0.779. The van der Waals surface area contributed by atoms with Crippen molar-refractivity contribution in [2.75, 3.05) is 0 Å². The Morgan fingerprint density at radius 1 is 1.08 bits per heavy atom. The summed E-state index contributed by atoms with van der Waals surface area (Å²) in [6, 6.07) is 8.94. The van der Waals surface area contributed by atoms with Crippen molar-refractivity contribution in [2.24, 2.45) is 0 Å². The van der Waals surface area contributed by atoms with E-state index in [1.54, 1.807) is 11.1 Å². The van der Waals surface area contributed by atoms with Crippen LogP contribution in [0, 0.1) is 0 Å². The molecular formula is C11H11Br. The summed E-state index contributed by atoms with van der Waals surface area (Å²) >= 11 is 3.77. The number of hydrogen-bond acceptors (Lipinski definition) is 0. The zero-order valence-electron chi connectivity index (χ0n) is 6.83. The molecule has 62 valence electrons. The van der Waals surface area contributed by atoms with E-state index in [0.717, 1.165) is 16.7 Å². The van der Waals surface area contributed by atoms with Crippen LogP contribution in [0.25, 0.3) is 0 Å². The lowest BCUT2D eigenvalue weighted by Crippen LogP contribution is -2.08. The first kappa shape index (κ1) is 7.14. The van der Waals surface area contributed by atoms with Gasteiger partial charge in [0.1, 0.15) is 0 Å². The van der Waals surface area contributed by atoms with Gasteiger partial charge in [0.05, 0.1) is 0 Å². The summed E-state index contributed by atoms with van der Waals surface area (Å²) in [6.45, 7) is 0. The van der Waals surface area contributed by atoms with E-state index in [9.17, 15) is 0 Å². The van der Waals surface area contributed by atoms with Crippen LogP contribution in [0.4, 0.5) is 0 Å². The predicted molar refractivity (Wildman–Crippen MR) is 53.9 cm³/mol. The molecule has 0 amide bonds. The summed E-state index contributed by atoms with van der Waals surface area (Å²) in [7, 11) is 0. The fourth-order valence-electron chi connectivity index (χ4n) is 2.78. The van der Waals surface area contributed by atoms with Crippen molar-refractivity contribution in [1.29, 1.82) is 0 Å². The minimum absolute atomic E-state index is 0.748. The van der Waals surface area contributed by atoms with Crippen molar-refractivity contribution in [3.05, 3.63) is 35.4 Å². The summed E-state index contributed by atoms with van der Waals surface area (Å²) in [5.74, 6) is 1.67. The molecule has 0 nitrogen and oxygen atoms in total. The van der Waals surface area contributed by atoms with E-state index in [-0.39, 0.29) is 0 Å². The highest BCUT2D eigenvalue weighted by molar-refractivity contribution is 9.09. The second-order valence-corrected chi connectivity index (χ2v) is 5.10. The van der Waals surface area contributed by atoms with Gasteiger partial charge in [0, 0.05) is 4.83 Å². The van der Waals surface area contributed by atoms with Gasteiger partial charge in [-0.15, -0.1) is 0 Å². The predicted octanol–water partition coefficient (Wildman–Crippen LogP) is 3.42. The van der Waals surface area contributed by atoms with Gasteiger partial charge in [-0.05, 0) is 35.8 Å². The zero-order valence-corrected chi connectivity index (χ0v) is 8.42. The first-order chi connectivity index (χ1) is 5.86. The molecule has 12 heavy (non-hydrogen) atoms. The molecule has 1 aromatic carbocycles. The highest BCUT2D eigenvalue weighted by atomic mass is 79.9. The third-order valence-corrected chi connectivity index (χ3v) is 4.33. The number of hydrogen-bond donors (Lipinski definition) is 0. The first-order valence-corrected chi connectivity index (χ1v) is 5.50. The Morgan fingerprint density at radius 2 is 1.83 bits per heavy atom. The van der Waals surface area contributed by atoms with E-state index in [4.69, 9.17) is 0 Å². The van der Waals surface area contributed by atoms with Gasteiger partial charge in [0.15, 0.2) is 0 Å². The van der Waals surface area contributed by atoms with Gasteiger partial charge in [-0.3, -0.25) is 0 Å². The minimum atomic E-state index is 0.748. The van der Waals surface area contributed by atoms with Crippen molar-refractivity contribution < 1.29 is 0 Å². The van der Waals surface area contributed by atoms with Gasteiger partial charge in [-0.25, -0.2) is 0 Å². The fourth-order valence-corrected chi connectivity index (χ4v) is 3.73. The number of rotatable bonds is 0. The molecule has 3 rings (SSSR count). The molecule has 2 aliphatic rings. The fraction of sp³-hybridized carbons (Fsp3) is 0.455. The highest BCUT2D eigenvalue weighted by Crippen LogP contribution is 2.55. The SMILES string of the molecule is Br[C@H]1C[C@H]2C[C@H]1c1ccccc12. The maximum absolute atomic E-state index is 3.77. The first-order valence-electron chi connectivity index (χ1n) is 4.59. The Morgan fingerprint density at radius 3 is 2.67 bits per heavy atom. The van der Waals surface area contributed by atoms with Crippen LogP contribution in [0.2, 0.25) is 0 Å². The van der Waals surface area contributed by atoms with E-state index in [1.807, 2.05) is 0 Å². The van der Waals surface area contributed by atoms with Crippen LogP contribution in [0.1, 0.15) is 35.8 Å². The Kier molecular flexibility index (Phi) is 1.40. The molecule has 0 heterocycles. The average molecular weight is 223 g/mol. The zero-order chi connectivity index (χ0) is 8.13. The molecule has 0 aromatic heterocycles. The van der Waals surface area contributed by atoms with Crippen LogP contribution in [0.3, 0.4) is 0 Å². The molecule has 0 aliphatic heterocycles. The number of alkyl halides is 1. The van der Waals surface area contributed by atoms with Crippen LogP contribution < -0.4 is 0 Å². The quantitative estimate of drug-likeness (QED) is 0.591. The Labute approximate surface area is 81.1 Å². The molecule has 1 aromatic rings. The molecular weight excluding hydrogens is 212 g/mol. The van der Waals surface area contributed by atoms with Crippen LogP contribution in [-0.4, -0.2) is 4.83 Å². The van der Waals surface area contributed by atoms with E-state index < -0.39 is 0 Å². The van der Waals surface area contributed by atoms with Crippen LogP contribution in [0.5, 0.6) is 0 Å². The molecule has 2 aliphatic carbocycles. The summed E-state index contributed by atoms with van der Waals surface area (Å²) in [4.78, 5) is 0.748. The normalized spacial score (nSPS) is 36.9. The maximum Gasteiger partial charge on any atom is 0.0220 e. The van der Waals surface area contributed by atoms with Gasteiger partial charge < -0.3 is 0 Å². The summed E-state index contributed by atoms with van der Waals surface area (Å²) in [5, 5.41) is 0. The largest absolute Gasteiger partial charge is 0.0884 e. The number of benzene rings is 1. The molecule has 0 unspecified atom stereocenters. The lowest BCUT2D eigenvalue weighted by atomic mass is 9.92. The second kappa shape index (κ2) is 2.35. The molecule has 0 spiro atoms. The van der Waals surface area contributed by atoms with E-state index in [0.29, 0.717) is 0 Å². The number of fused-ring (bicyclic) bond motifs is 5. The highest BCUT2D eigenvalue weighted by Gasteiger charge is 2.41. The van der Waals surface area contributed by atoms with Crippen molar-refractivity contribution >= 4 is 15.9 Å². The van der Waals surface area contributed by atoms with Crippen molar-refractivity contribution in [3.8, 4) is 0 Å². The summed E-state index contributed by atoms with van der Waals surface area (Å²) < 4.78 is 0. The third-order valence-electron chi connectivity index (χ3n) is 3.32. The smallest absolute Gasteiger partial charge is 0.0220 e. The lowest BCUT2D eigenvalue weighted by molar-refractivity contribution is 0.741.